The first-order chi connectivity index (χ1) is 9.24. The molecule has 3 nitrogen and oxygen atoms in total. The molecule has 2 rings (SSSR count). The molecule has 2 N–H and O–H groups in total. The van der Waals surface area contributed by atoms with Crippen LogP contribution in [0.4, 0.5) is 5.69 Å². The van der Waals surface area contributed by atoms with Gasteiger partial charge < -0.3 is 10.2 Å². The summed E-state index contributed by atoms with van der Waals surface area (Å²) in [5.41, 5.74) is 0.781. The number of hydrogen-bond donors (Lipinski definition) is 2. The number of carbonyl (C=O) groups is 1. The average Bonchev–Trinajstić information content (AvgIpc) is 2.65. The maximum atomic E-state index is 11.9. The third-order valence-corrected chi connectivity index (χ3v) is 3.86. The molecule has 1 fully saturated rings. The molecule has 0 radical (unpaired) electrons. The SMILES string of the molecule is O=C(CC[NH+]1CCCCCC1)Nc1cccc(Cl)c1. The lowest BCUT2D eigenvalue weighted by Crippen LogP contribution is -3.12. The van der Waals surface area contributed by atoms with Gasteiger partial charge in [-0.3, -0.25) is 4.79 Å². The zero-order valence-electron chi connectivity index (χ0n) is 11.3. The Morgan fingerprint density at radius 2 is 1.95 bits per heavy atom. The summed E-state index contributed by atoms with van der Waals surface area (Å²) in [5, 5.41) is 3.55. The zero-order valence-corrected chi connectivity index (χ0v) is 12.0. The van der Waals surface area contributed by atoms with Crippen LogP contribution in [-0.2, 0) is 4.79 Å². The Hall–Kier alpha value is -1.06. The van der Waals surface area contributed by atoms with Crippen LogP contribution in [0.5, 0.6) is 0 Å². The largest absolute Gasteiger partial charge is 0.335 e. The highest BCUT2D eigenvalue weighted by Gasteiger charge is 2.13. The summed E-state index contributed by atoms with van der Waals surface area (Å²) >= 11 is 5.89. The molecule has 0 aromatic heterocycles. The highest BCUT2D eigenvalue weighted by Crippen LogP contribution is 2.14. The Balaban J connectivity index is 1.75. The van der Waals surface area contributed by atoms with Gasteiger partial charge in [-0.25, -0.2) is 0 Å². The third-order valence-electron chi connectivity index (χ3n) is 3.62. The van der Waals surface area contributed by atoms with Crippen molar-refractivity contribution in [1.29, 1.82) is 0 Å². The smallest absolute Gasteiger partial charge is 0.230 e. The lowest BCUT2D eigenvalue weighted by Gasteiger charge is -2.16. The fraction of sp³-hybridized carbons (Fsp3) is 0.533. The lowest BCUT2D eigenvalue weighted by molar-refractivity contribution is -0.898. The second-order valence-electron chi connectivity index (χ2n) is 5.22. The zero-order chi connectivity index (χ0) is 13.5. The number of carbonyl (C=O) groups excluding carboxylic acids is 1. The predicted octanol–water partition coefficient (Wildman–Crippen LogP) is 2.13. The van der Waals surface area contributed by atoms with Crippen molar-refractivity contribution in [3.05, 3.63) is 29.3 Å². The first-order valence-corrected chi connectivity index (χ1v) is 7.51. The van der Waals surface area contributed by atoms with Crippen LogP contribution in [0.15, 0.2) is 24.3 Å². The molecule has 1 saturated heterocycles. The fourth-order valence-electron chi connectivity index (χ4n) is 2.56. The van der Waals surface area contributed by atoms with Crippen molar-refractivity contribution in [1.82, 2.24) is 0 Å². The summed E-state index contributed by atoms with van der Waals surface area (Å²) in [5.74, 6) is 0.0824. The summed E-state index contributed by atoms with van der Waals surface area (Å²) in [4.78, 5) is 13.5. The maximum absolute atomic E-state index is 11.9. The van der Waals surface area contributed by atoms with Gasteiger partial charge >= 0.3 is 0 Å². The fourth-order valence-corrected chi connectivity index (χ4v) is 2.75. The Kier molecular flexibility index (Phi) is 5.67. The van der Waals surface area contributed by atoms with E-state index in [-0.39, 0.29) is 5.91 Å². The highest BCUT2D eigenvalue weighted by molar-refractivity contribution is 6.30. The predicted molar refractivity (Wildman–Crippen MR) is 78.7 cm³/mol. The quantitative estimate of drug-likeness (QED) is 0.871. The summed E-state index contributed by atoms with van der Waals surface area (Å²) < 4.78 is 0. The van der Waals surface area contributed by atoms with Gasteiger partial charge in [0, 0.05) is 10.7 Å². The van der Waals surface area contributed by atoms with Gasteiger partial charge in [0.25, 0.3) is 0 Å². The number of amides is 1. The molecule has 1 aliphatic rings. The molecule has 1 aliphatic heterocycles. The van der Waals surface area contributed by atoms with Crippen LogP contribution in [0.25, 0.3) is 0 Å². The molecule has 1 aromatic carbocycles. The molecule has 0 bridgehead atoms. The van der Waals surface area contributed by atoms with Gasteiger partial charge in [0.15, 0.2) is 0 Å². The summed E-state index contributed by atoms with van der Waals surface area (Å²) in [7, 11) is 0. The van der Waals surface area contributed by atoms with Gasteiger partial charge in [-0.1, -0.05) is 17.7 Å². The summed E-state index contributed by atoms with van der Waals surface area (Å²) in [6, 6.07) is 7.29. The second kappa shape index (κ2) is 7.51. The third kappa shape index (κ3) is 5.21. The number of anilines is 1. The van der Waals surface area contributed by atoms with E-state index in [9.17, 15) is 4.79 Å². The Labute approximate surface area is 119 Å². The molecule has 0 spiro atoms. The van der Waals surface area contributed by atoms with Gasteiger partial charge in [-0.2, -0.15) is 0 Å². The van der Waals surface area contributed by atoms with Crippen molar-refractivity contribution in [2.24, 2.45) is 0 Å². The van der Waals surface area contributed by atoms with E-state index < -0.39 is 0 Å². The minimum atomic E-state index is 0.0824. The molecule has 0 saturated carbocycles. The standard InChI is InChI=1S/C15H21ClN2O/c16-13-6-5-7-14(12-13)17-15(19)8-11-18-9-3-1-2-4-10-18/h5-7,12H,1-4,8-11H2,(H,17,19)/p+1. The molecule has 1 amide bonds. The van der Waals surface area contributed by atoms with E-state index in [4.69, 9.17) is 11.6 Å². The van der Waals surface area contributed by atoms with Gasteiger partial charge in [-0.15, -0.1) is 0 Å². The van der Waals surface area contributed by atoms with Crippen molar-refractivity contribution in [3.8, 4) is 0 Å². The van der Waals surface area contributed by atoms with Gasteiger partial charge in [0.05, 0.1) is 26.1 Å². The first-order valence-electron chi connectivity index (χ1n) is 7.13. The molecule has 1 heterocycles. The minimum absolute atomic E-state index is 0.0824. The summed E-state index contributed by atoms with van der Waals surface area (Å²) in [6.07, 6.45) is 5.87. The van der Waals surface area contributed by atoms with E-state index in [1.165, 1.54) is 38.8 Å². The van der Waals surface area contributed by atoms with Crippen molar-refractivity contribution in [2.45, 2.75) is 32.1 Å². The van der Waals surface area contributed by atoms with E-state index in [0.29, 0.717) is 11.4 Å². The maximum Gasteiger partial charge on any atom is 0.230 e. The van der Waals surface area contributed by atoms with Crippen LogP contribution >= 0.6 is 11.6 Å². The number of halogens is 1. The van der Waals surface area contributed by atoms with Crippen molar-refractivity contribution in [2.75, 3.05) is 25.0 Å². The van der Waals surface area contributed by atoms with Crippen LogP contribution in [0.3, 0.4) is 0 Å². The van der Waals surface area contributed by atoms with E-state index >= 15 is 0 Å². The van der Waals surface area contributed by atoms with Gasteiger partial charge in [0.2, 0.25) is 5.91 Å². The molecule has 0 unspecified atom stereocenters. The first kappa shape index (κ1) is 14.4. The molecular weight excluding hydrogens is 260 g/mol. The number of rotatable bonds is 4. The van der Waals surface area contributed by atoms with Crippen LogP contribution in [0, 0.1) is 0 Å². The number of likely N-dealkylation sites (tertiary alicyclic amines) is 1. The summed E-state index contributed by atoms with van der Waals surface area (Å²) in [6.45, 7) is 3.36. The van der Waals surface area contributed by atoms with Crippen LogP contribution in [-0.4, -0.2) is 25.5 Å². The van der Waals surface area contributed by atoms with Crippen LogP contribution in [0.1, 0.15) is 32.1 Å². The van der Waals surface area contributed by atoms with Crippen LogP contribution in [0.2, 0.25) is 5.02 Å². The van der Waals surface area contributed by atoms with Crippen LogP contribution < -0.4 is 10.2 Å². The number of nitrogens with one attached hydrogen (secondary N) is 2. The van der Waals surface area contributed by atoms with E-state index in [0.717, 1.165) is 12.2 Å². The van der Waals surface area contributed by atoms with E-state index in [1.807, 2.05) is 12.1 Å². The second-order valence-corrected chi connectivity index (χ2v) is 5.66. The number of hydrogen-bond acceptors (Lipinski definition) is 1. The molecule has 1 aromatic rings. The van der Waals surface area contributed by atoms with Crippen molar-refractivity contribution >= 4 is 23.2 Å². The van der Waals surface area contributed by atoms with Gasteiger partial charge in [-0.05, 0) is 43.9 Å². The van der Waals surface area contributed by atoms with Crippen molar-refractivity contribution < 1.29 is 9.69 Å². The topological polar surface area (TPSA) is 33.5 Å². The number of quaternary nitrogens is 1. The Morgan fingerprint density at radius 1 is 1.21 bits per heavy atom. The molecule has 0 atom stereocenters. The normalized spacial score (nSPS) is 16.9. The van der Waals surface area contributed by atoms with E-state index in [2.05, 4.69) is 5.32 Å². The lowest BCUT2D eigenvalue weighted by atomic mass is 10.2. The molecular formula is C15H22ClN2O+. The van der Waals surface area contributed by atoms with E-state index in [1.54, 1.807) is 17.0 Å². The molecule has 0 aliphatic carbocycles. The monoisotopic (exact) mass is 281 g/mol. The van der Waals surface area contributed by atoms with Gasteiger partial charge in [0.1, 0.15) is 0 Å². The van der Waals surface area contributed by atoms with Crippen molar-refractivity contribution in [3.63, 3.8) is 0 Å². The Morgan fingerprint density at radius 3 is 2.63 bits per heavy atom. The molecule has 19 heavy (non-hydrogen) atoms. The molecule has 104 valence electrons. The average molecular weight is 282 g/mol. The minimum Gasteiger partial charge on any atom is -0.335 e. The number of benzene rings is 1. The Bertz CT molecular complexity index is 414. The molecule has 4 heteroatoms. The highest BCUT2D eigenvalue weighted by atomic mass is 35.5.